The van der Waals surface area contributed by atoms with Gasteiger partial charge in [-0.15, -0.1) is 0 Å². The predicted molar refractivity (Wildman–Crippen MR) is 85.1 cm³/mol. The molecule has 1 N–H and O–H groups in total. The van der Waals surface area contributed by atoms with E-state index in [4.69, 9.17) is 4.74 Å². The number of carbonyl (C=O) groups is 1. The fourth-order valence-electron chi connectivity index (χ4n) is 2.26. The normalized spacial score (nSPS) is 20.7. The highest BCUT2D eigenvalue weighted by molar-refractivity contribution is 5.87. The van der Waals surface area contributed by atoms with Crippen LogP contribution in [0.25, 0.3) is 0 Å². The summed E-state index contributed by atoms with van der Waals surface area (Å²) in [5, 5.41) is 2.89. The number of hydrogen-bond acceptors (Lipinski definition) is 2. The van der Waals surface area contributed by atoms with Gasteiger partial charge in [-0.3, -0.25) is 4.79 Å². The first-order valence-corrected chi connectivity index (χ1v) is 7.79. The average molecular weight is 287 g/mol. The van der Waals surface area contributed by atoms with Gasteiger partial charge in [-0.05, 0) is 48.8 Å². The number of rotatable bonds is 8. The van der Waals surface area contributed by atoms with Gasteiger partial charge in [0, 0.05) is 6.54 Å². The first-order valence-electron chi connectivity index (χ1n) is 7.79. The molecule has 0 aromatic heterocycles. The van der Waals surface area contributed by atoms with E-state index < -0.39 is 0 Å². The van der Waals surface area contributed by atoms with Gasteiger partial charge in [0.2, 0.25) is 5.91 Å². The summed E-state index contributed by atoms with van der Waals surface area (Å²) in [6.07, 6.45) is 5.96. The molecular formula is C18H25NO2. The number of nitrogens with one attached hydrogen (secondary N) is 1. The fraction of sp³-hybridized carbons (Fsp3) is 0.500. The van der Waals surface area contributed by atoms with Crippen molar-refractivity contribution in [3.05, 3.63) is 42.5 Å². The van der Waals surface area contributed by atoms with E-state index in [1.54, 1.807) is 6.08 Å². The highest BCUT2D eigenvalue weighted by atomic mass is 16.5. The third kappa shape index (κ3) is 6.03. The number of carbonyl (C=O) groups excluding carboxylic acids is 1. The zero-order chi connectivity index (χ0) is 15.1. The van der Waals surface area contributed by atoms with Crippen molar-refractivity contribution in [3.63, 3.8) is 0 Å². The highest BCUT2D eigenvalue weighted by Gasteiger charge is 2.34. The van der Waals surface area contributed by atoms with Gasteiger partial charge in [-0.25, -0.2) is 0 Å². The van der Waals surface area contributed by atoms with E-state index in [0.29, 0.717) is 17.8 Å². The number of allylic oxidation sites excluding steroid dienone is 1. The van der Waals surface area contributed by atoms with Crippen molar-refractivity contribution in [2.24, 2.45) is 17.8 Å². The Bertz CT molecular complexity index is 467. The van der Waals surface area contributed by atoms with Crippen LogP contribution in [-0.2, 0) is 4.79 Å². The molecule has 1 fully saturated rings. The highest BCUT2D eigenvalue weighted by Crippen LogP contribution is 2.42. The lowest BCUT2D eigenvalue weighted by Gasteiger charge is -2.05. The molecule has 0 heterocycles. The van der Waals surface area contributed by atoms with Gasteiger partial charge in [0.1, 0.15) is 5.75 Å². The van der Waals surface area contributed by atoms with Crippen molar-refractivity contribution in [3.8, 4) is 5.75 Å². The molecular weight excluding hydrogens is 262 g/mol. The Morgan fingerprint density at radius 3 is 2.86 bits per heavy atom. The molecule has 1 aliphatic rings. The minimum absolute atomic E-state index is 0.0230. The SMILES string of the molecule is CC(C)CNC(=O)/C=C/C1CC1CCOc1ccccc1. The number of para-hydroxylation sites is 1. The van der Waals surface area contributed by atoms with Crippen molar-refractivity contribution < 1.29 is 9.53 Å². The van der Waals surface area contributed by atoms with Gasteiger partial charge in [0.25, 0.3) is 0 Å². The van der Waals surface area contributed by atoms with Gasteiger partial charge in [-0.2, -0.15) is 0 Å². The standard InChI is InChI=1S/C18H25NO2/c1-14(2)13-19-18(20)9-8-15-12-16(15)10-11-21-17-6-4-3-5-7-17/h3-9,14-16H,10-13H2,1-2H3,(H,19,20)/b9-8+. The van der Waals surface area contributed by atoms with E-state index in [1.807, 2.05) is 36.4 Å². The summed E-state index contributed by atoms with van der Waals surface area (Å²) < 4.78 is 5.69. The van der Waals surface area contributed by atoms with Crippen LogP contribution < -0.4 is 10.1 Å². The summed E-state index contributed by atoms with van der Waals surface area (Å²) >= 11 is 0. The van der Waals surface area contributed by atoms with Crippen LogP contribution in [-0.4, -0.2) is 19.1 Å². The number of hydrogen-bond donors (Lipinski definition) is 1. The van der Waals surface area contributed by atoms with Crippen LogP contribution in [0.2, 0.25) is 0 Å². The quantitative estimate of drug-likeness (QED) is 0.744. The van der Waals surface area contributed by atoms with E-state index >= 15 is 0 Å². The molecule has 21 heavy (non-hydrogen) atoms. The van der Waals surface area contributed by atoms with Crippen molar-refractivity contribution in [2.75, 3.05) is 13.2 Å². The van der Waals surface area contributed by atoms with Gasteiger partial charge >= 0.3 is 0 Å². The van der Waals surface area contributed by atoms with Gasteiger partial charge in [0.05, 0.1) is 6.61 Å². The lowest BCUT2D eigenvalue weighted by Crippen LogP contribution is -2.25. The monoisotopic (exact) mass is 287 g/mol. The summed E-state index contributed by atoms with van der Waals surface area (Å²) in [6, 6.07) is 9.90. The predicted octanol–water partition coefficient (Wildman–Crippen LogP) is 3.42. The molecule has 2 atom stereocenters. The molecule has 3 nitrogen and oxygen atoms in total. The van der Waals surface area contributed by atoms with Crippen LogP contribution in [0.15, 0.2) is 42.5 Å². The molecule has 1 aliphatic carbocycles. The molecule has 1 amide bonds. The largest absolute Gasteiger partial charge is 0.494 e. The minimum atomic E-state index is 0.0230. The van der Waals surface area contributed by atoms with E-state index in [2.05, 4.69) is 19.2 Å². The first kappa shape index (κ1) is 15.6. The Kier molecular flexibility index (Phi) is 5.85. The van der Waals surface area contributed by atoms with Crippen LogP contribution in [0.5, 0.6) is 5.75 Å². The molecule has 1 saturated carbocycles. The summed E-state index contributed by atoms with van der Waals surface area (Å²) in [4.78, 5) is 11.6. The van der Waals surface area contributed by atoms with E-state index in [-0.39, 0.29) is 5.91 Å². The van der Waals surface area contributed by atoms with Crippen LogP contribution >= 0.6 is 0 Å². The van der Waals surface area contributed by atoms with Crippen LogP contribution in [0, 0.1) is 17.8 Å². The van der Waals surface area contributed by atoms with Crippen LogP contribution in [0.3, 0.4) is 0 Å². The molecule has 1 aromatic rings. The van der Waals surface area contributed by atoms with E-state index in [9.17, 15) is 4.79 Å². The third-order valence-electron chi connectivity index (χ3n) is 3.66. The van der Waals surface area contributed by atoms with Crippen molar-refractivity contribution in [2.45, 2.75) is 26.7 Å². The van der Waals surface area contributed by atoms with Crippen molar-refractivity contribution in [1.29, 1.82) is 0 Å². The zero-order valence-corrected chi connectivity index (χ0v) is 12.9. The maximum atomic E-state index is 11.6. The van der Waals surface area contributed by atoms with E-state index in [0.717, 1.165) is 25.3 Å². The van der Waals surface area contributed by atoms with Crippen LogP contribution in [0.4, 0.5) is 0 Å². The molecule has 0 spiro atoms. The van der Waals surface area contributed by atoms with Gasteiger partial charge < -0.3 is 10.1 Å². The average Bonchev–Trinajstić information content (AvgIpc) is 3.22. The first-order chi connectivity index (χ1) is 10.1. The number of ether oxygens (including phenoxy) is 1. The number of amides is 1. The van der Waals surface area contributed by atoms with E-state index in [1.165, 1.54) is 6.42 Å². The summed E-state index contributed by atoms with van der Waals surface area (Å²) in [5.41, 5.74) is 0. The second kappa shape index (κ2) is 7.87. The topological polar surface area (TPSA) is 38.3 Å². The lowest BCUT2D eigenvalue weighted by molar-refractivity contribution is -0.116. The molecule has 3 heteroatoms. The van der Waals surface area contributed by atoms with Gasteiger partial charge in [-0.1, -0.05) is 38.1 Å². The fourth-order valence-corrected chi connectivity index (χ4v) is 2.26. The lowest BCUT2D eigenvalue weighted by atomic mass is 10.2. The zero-order valence-electron chi connectivity index (χ0n) is 12.9. The molecule has 0 bridgehead atoms. The maximum absolute atomic E-state index is 11.6. The van der Waals surface area contributed by atoms with Crippen molar-refractivity contribution >= 4 is 5.91 Å². The van der Waals surface area contributed by atoms with Crippen LogP contribution in [0.1, 0.15) is 26.7 Å². The van der Waals surface area contributed by atoms with Crippen molar-refractivity contribution in [1.82, 2.24) is 5.32 Å². The smallest absolute Gasteiger partial charge is 0.243 e. The molecule has 2 rings (SSSR count). The summed E-state index contributed by atoms with van der Waals surface area (Å²) in [6.45, 7) is 5.67. The third-order valence-corrected chi connectivity index (χ3v) is 3.66. The minimum Gasteiger partial charge on any atom is -0.494 e. The molecule has 2 unspecified atom stereocenters. The molecule has 114 valence electrons. The molecule has 0 aliphatic heterocycles. The summed E-state index contributed by atoms with van der Waals surface area (Å²) in [7, 11) is 0. The Hall–Kier alpha value is -1.77. The Morgan fingerprint density at radius 1 is 1.38 bits per heavy atom. The maximum Gasteiger partial charge on any atom is 0.243 e. The second-order valence-corrected chi connectivity index (χ2v) is 6.11. The molecule has 0 radical (unpaired) electrons. The Labute approximate surface area is 127 Å². The Morgan fingerprint density at radius 2 is 2.14 bits per heavy atom. The van der Waals surface area contributed by atoms with Gasteiger partial charge in [0.15, 0.2) is 0 Å². The molecule has 1 aromatic carbocycles. The molecule has 0 saturated heterocycles. The Balaban J connectivity index is 1.58. The second-order valence-electron chi connectivity index (χ2n) is 6.11. The number of benzene rings is 1. The summed E-state index contributed by atoms with van der Waals surface area (Å²) in [5.74, 6) is 2.66.